The zero-order chi connectivity index (χ0) is 28.7. The Bertz CT molecular complexity index is 2030. The molecular formula is C29H22N2O6S3. The van der Waals surface area contributed by atoms with Crippen LogP contribution >= 0.6 is 11.3 Å². The number of hydrogen-bond acceptors (Lipinski definition) is 8. The number of esters is 1. The monoisotopic (exact) mass is 590 g/mol. The fraction of sp³-hybridized carbons (Fsp3) is 0.103. The average molecular weight is 591 g/mol. The number of nitriles is 1. The Morgan fingerprint density at radius 1 is 0.950 bits per heavy atom. The standard InChI is InChI=1S/C29H22N2O6S3/c1-19-10-12-21(13-11-19)40(35,36)31-25-9-4-3-8-23(25)28(24-14-15-38-26(24)17-30)29(31)20-6-5-7-22(16-20)39(33,34)18-27(32)37-2/h3-16H,18H2,1-2H3. The van der Waals surface area contributed by atoms with Crippen LogP contribution in [0.2, 0.25) is 0 Å². The Kier molecular flexibility index (Phi) is 7.10. The molecule has 0 amide bonds. The predicted octanol–water partition coefficient (Wildman–Crippen LogP) is 5.40. The van der Waals surface area contributed by atoms with Crippen molar-refractivity contribution >= 4 is 48.1 Å². The number of sulfone groups is 1. The number of nitrogens with zero attached hydrogens (tertiary/aromatic N) is 2. The molecule has 5 rings (SSSR count). The third kappa shape index (κ3) is 4.70. The van der Waals surface area contributed by atoms with Gasteiger partial charge in [0.15, 0.2) is 15.6 Å². The zero-order valence-corrected chi connectivity index (χ0v) is 23.8. The van der Waals surface area contributed by atoms with E-state index >= 15 is 0 Å². The number of carbonyl (C=O) groups is 1. The summed E-state index contributed by atoms with van der Waals surface area (Å²) in [6.07, 6.45) is 0. The Morgan fingerprint density at radius 3 is 2.38 bits per heavy atom. The van der Waals surface area contributed by atoms with Crippen molar-refractivity contribution in [3.63, 3.8) is 0 Å². The summed E-state index contributed by atoms with van der Waals surface area (Å²) in [5.74, 6) is -1.78. The van der Waals surface area contributed by atoms with Crippen LogP contribution in [0.3, 0.4) is 0 Å². The fourth-order valence-electron chi connectivity index (χ4n) is 4.54. The minimum absolute atomic E-state index is 0.0481. The van der Waals surface area contributed by atoms with Gasteiger partial charge >= 0.3 is 5.97 Å². The molecule has 8 nitrogen and oxygen atoms in total. The van der Waals surface area contributed by atoms with E-state index in [1.807, 2.05) is 6.92 Å². The van der Waals surface area contributed by atoms with Crippen molar-refractivity contribution in [2.45, 2.75) is 16.7 Å². The Labute approximate surface area is 235 Å². The van der Waals surface area contributed by atoms with Crippen molar-refractivity contribution in [3.8, 4) is 28.5 Å². The molecule has 0 radical (unpaired) electrons. The molecule has 0 aliphatic carbocycles. The number of methoxy groups -OCH3 is 1. The van der Waals surface area contributed by atoms with Crippen LogP contribution in [0.15, 0.2) is 94.0 Å². The number of fused-ring (bicyclic) bond motifs is 1. The van der Waals surface area contributed by atoms with Gasteiger partial charge in [0.05, 0.1) is 28.1 Å². The quantitative estimate of drug-likeness (QED) is 0.233. The molecular weight excluding hydrogens is 569 g/mol. The molecule has 0 bridgehead atoms. The molecule has 2 aromatic heterocycles. The first kappa shape index (κ1) is 27.3. The average Bonchev–Trinajstić information content (AvgIpc) is 3.55. The summed E-state index contributed by atoms with van der Waals surface area (Å²) < 4.78 is 60.4. The van der Waals surface area contributed by atoms with Crippen LogP contribution in [0.1, 0.15) is 10.4 Å². The number of hydrogen-bond donors (Lipinski definition) is 0. The molecule has 0 spiro atoms. The largest absolute Gasteiger partial charge is 0.468 e. The van der Waals surface area contributed by atoms with Crippen LogP contribution in [0.25, 0.3) is 33.3 Å². The molecule has 0 unspecified atom stereocenters. The van der Waals surface area contributed by atoms with Crippen LogP contribution in [-0.4, -0.2) is 39.6 Å². The molecule has 0 atom stereocenters. The van der Waals surface area contributed by atoms with Crippen molar-refractivity contribution in [2.24, 2.45) is 0 Å². The first-order chi connectivity index (χ1) is 19.1. The SMILES string of the molecule is COC(=O)CS(=O)(=O)c1cccc(-c2c(-c3ccsc3C#N)c3ccccc3n2S(=O)(=O)c2ccc(C)cc2)c1. The van der Waals surface area contributed by atoms with Crippen molar-refractivity contribution in [1.29, 1.82) is 5.26 Å². The van der Waals surface area contributed by atoms with E-state index in [0.717, 1.165) is 12.7 Å². The fourth-order valence-corrected chi connectivity index (χ4v) is 7.96. The van der Waals surface area contributed by atoms with Crippen LogP contribution in [0.5, 0.6) is 0 Å². The number of rotatable bonds is 7. The van der Waals surface area contributed by atoms with Gasteiger partial charge in [0.1, 0.15) is 10.9 Å². The summed E-state index contributed by atoms with van der Waals surface area (Å²) >= 11 is 1.22. The first-order valence-corrected chi connectivity index (χ1v) is 15.9. The van der Waals surface area contributed by atoms with Gasteiger partial charge in [-0.25, -0.2) is 20.8 Å². The molecule has 0 saturated carbocycles. The van der Waals surface area contributed by atoms with E-state index in [2.05, 4.69) is 10.8 Å². The van der Waals surface area contributed by atoms with Crippen molar-refractivity contribution in [2.75, 3.05) is 12.9 Å². The highest BCUT2D eigenvalue weighted by Gasteiger charge is 2.30. The molecule has 3 aromatic carbocycles. The second kappa shape index (κ2) is 10.4. The second-order valence-corrected chi connectivity index (χ2v) is 13.7. The van der Waals surface area contributed by atoms with Gasteiger partial charge in [0, 0.05) is 22.1 Å². The minimum atomic E-state index is -4.21. The van der Waals surface area contributed by atoms with Crippen LogP contribution in [0, 0.1) is 18.3 Å². The number of para-hydroxylation sites is 1. The molecule has 11 heteroatoms. The lowest BCUT2D eigenvalue weighted by molar-refractivity contribution is -0.137. The molecule has 40 heavy (non-hydrogen) atoms. The van der Waals surface area contributed by atoms with E-state index < -0.39 is 31.6 Å². The highest BCUT2D eigenvalue weighted by Crippen LogP contribution is 2.45. The van der Waals surface area contributed by atoms with Gasteiger partial charge in [-0.2, -0.15) is 5.26 Å². The lowest BCUT2D eigenvalue weighted by Crippen LogP contribution is -2.17. The lowest BCUT2D eigenvalue weighted by atomic mass is 9.99. The topological polar surface area (TPSA) is 123 Å². The summed E-state index contributed by atoms with van der Waals surface area (Å²) in [7, 11) is -7.21. The maximum atomic E-state index is 14.3. The van der Waals surface area contributed by atoms with E-state index in [1.165, 1.54) is 45.6 Å². The van der Waals surface area contributed by atoms with Gasteiger partial charge < -0.3 is 4.74 Å². The molecule has 5 aromatic rings. The van der Waals surface area contributed by atoms with E-state index in [0.29, 0.717) is 26.9 Å². The summed E-state index contributed by atoms with van der Waals surface area (Å²) in [5.41, 5.74) is 2.74. The second-order valence-electron chi connectivity index (χ2n) is 8.96. The Morgan fingerprint density at radius 2 is 1.68 bits per heavy atom. The summed E-state index contributed by atoms with van der Waals surface area (Å²) in [4.78, 5) is 12.1. The lowest BCUT2D eigenvalue weighted by Gasteiger charge is -2.15. The van der Waals surface area contributed by atoms with E-state index in [-0.39, 0.29) is 21.0 Å². The van der Waals surface area contributed by atoms with Gasteiger partial charge in [-0.05, 0) is 48.7 Å². The third-order valence-electron chi connectivity index (χ3n) is 6.43. The number of benzene rings is 3. The number of ether oxygens (including phenoxy) is 1. The normalized spacial score (nSPS) is 11.8. The number of aromatic nitrogens is 1. The number of aryl methyl sites for hydroxylation is 1. The molecule has 0 saturated heterocycles. The number of carbonyl (C=O) groups excluding carboxylic acids is 1. The first-order valence-electron chi connectivity index (χ1n) is 11.9. The molecule has 0 N–H and O–H groups in total. The molecule has 0 aliphatic heterocycles. The Hall–Kier alpha value is -4.24. The summed E-state index contributed by atoms with van der Waals surface area (Å²) in [6, 6.07) is 23.1. The van der Waals surface area contributed by atoms with Crippen LogP contribution in [-0.2, 0) is 29.4 Å². The summed E-state index contributed by atoms with van der Waals surface area (Å²) in [6.45, 7) is 1.85. The minimum Gasteiger partial charge on any atom is -0.468 e. The summed E-state index contributed by atoms with van der Waals surface area (Å²) in [5, 5.41) is 12.2. The molecule has 0 fully saturated rings. The molecule has 0 aliphatic rings. The van der Waals surface area contributed by atoms with E-state index in [9.17, 15) is 26.9 Å². The van der Waals surface area contributed by atoms with Crippen LogP contribution in [0.4, 0.5) is 0 Å². The Balaban J connectivity index is 1.90. The van der Waals surface area contributed by atoms with Crippen molar-refractivity contribution in [1.82, 2.24) is 3.97 Å². The number of thiophene rings is 1. The smallest absolute Gasteiger partial charge is 0.321 e. The maximum absolute atomic E-state index is 14.3. The van der Waals surface area contributed by atoms with Crippen LogP contribution < -0.4 is 0 Å². The van der Waals surface area contributed by atoms with Crippen molar-refractivity contribution in [3.05, 3.63) is 94.7 Å². The molecule has 202 valence electrons. The maximum Gasteiger partial charge on any atom is 0.321 e. The van der Waals surface area contributed by atoms with Gasteiger partial charge in [-0.1, -0.05) is 48.0 Å². The highest BCUT2D eigenvalue weighted by molar-refractivity contribution is 7.92. The zero-order valence-electron chi connectivity index (χ0n) is 21.4. The highest BCUT2D eigenvalue weighted by atomic mass is 32.2. The molecule has 2 heterocycles. The van der Waals surface area contributed by atoms with E-state index in [4.69, 9.17) is 0 Å². The van der Waals surface area contributed by atoms with Gasteiger partial charge in [0.25, 0.3) is 10.0 Å². The predicted molar refractivity (Wildman–Crippen MR) is 153 cm³/mol. The van der Waals surface area contributed by atoms with Gasteiger partial charge in [0.2, 0.25) is 0 Å². The third-order valence-corrected chi connectivity index (χ3v) is 10.6. The van der Waals surface area contributed by atoms with Crippen molar-refractivity contribution < 1.29 is 26.4 Å². The van der Waals surface area contributed by atoms with E-state index in [1.54, 1.807) is 53.9 Å². The van der Waals surface area contributed by atoms with Gasteiger partial charge in [-0.3, -0.25) is 4.79 Å². The van der Waals surface area contributed by atoms with Gasteiger partial charge in [-0.15, -0.1) is 11.3 Å².